The molecule has 2 heterocycles. The van der Waals surface area contributed by atoms with Crippen molar-refractivity contribution in [1.82, 2.24) is 14.5 Å². The van der Waals surface area contributed by atoms with Crippen LogP contribution in [-0.2, 0) is 12.7 Å². The van der Waals surface area contributed by atoms with Crippen molar-refractivity contribution in [2.75, 3.05) is 13.1 Å². The van der Waals surface area contributed by atoms with E-state index in [2.05, 4.69) is 4.98 Å². The highest BCUT2D eigenvalue weighted by Crippen LogP contribution is 2.31. The van der Waals surface area contributed by atoms with Gasteiger partial charge in [0.2, 0.25) is 0 Å². The van der Waals surface area contributed by atoms with Gasteiger partial charge in [0.1, 0.15) is 5.82 Å². The summed E-state index contributed by atoms with van der Waals surface area (Å²) in [6.45, 7) is 1.64. The average Bonchev–Trinajstić information content (AvgIpc) is 3.03. The summed E-state index contributed by atoms with van der Waals surface area (Å²) < 4.78 is 54.1. The molecule has 1 aromatic heterocycles. The van der Waals surface area contributed by atoms with Gasteiger partial charge in [-0.25, -0.2) is 9.37 Å². The second-order valence-electron chi connectivity index (χ2n) is 5.82. The van der Waals surface area contributed by atoms with Crippen LogP contribution in [0, 0.1) is 5.82 Å². The van der Waals surface area contributed by atoms with Crippen molar-refractivity contribution in [2.45, 2.75) is 31.6 Å². The zero-order valence-corrected chi connectivity index (χ0v) is 12.4. The van der Waals surface area contributed by atoms with E-state index in [0.29, 0.717) is 6.04 Å². The largest absolute Gasteiger partial charge is 0.416 e. The zero-order valence-electron chi connectivity index (χ0n) is 12.4. The molecule has 3 rings (SSSR count). The quantitative estimate of drug-likeness (QED) is 0.798. The Bertz CT molecular complexity index is 644. The molecule has 1 aliphatic heterocycles. The molecular weight excluding hydrogens is 310 g/mol. The Morgan fingerprint density at radius 3 is 2.52 bits per heavy atom. The molecule has 0 aliphatic carbocycles. The van der Waals surface area contributed by atoms with Crippen LogP contribution in [-0.4, -0.2) is 27.5 Å². The number of benzene rings is 1. The fraction of sp³-hybridized carbons (Fsp3) is 0.438. The summed E-state index contributed by atoms with van der Waals surface area (Å²) in [6.07, 6.45) is 2.70. The maximum absolute atomic E-state index is 13.8. The smallest absolute Gasteiger partial charge is 0.334 e. The highest BCUT2D eigenvalue weighted by molar-refractivity contribution is 5.27. The first kappa shape index (κ1) is 16.0. The Morgan fingerprint density at radius 1 is 1.17 bits per heavy atom. The van der Waals surface area contributed by atoms with Gasteiger partial charge in [0, 0.05) is 43.6 Å². The van der Waals surface area contributed by atoms with E-state index in [9.17, 15) is 17.6 Å². The van der Waals surface area contributed by atoms with E-state index >= 15 is 0 Å². The molecule has 0 unspecified atom stereocenters. The Labute approximate surface area is 131 Å². The van der Waals surface area contributed by atoms with Crippen LogP contribution in [0.1, 0.15) is 30.0 Å². The van der Waals surface area contributed by atoms with Crippen LogP contribution in [0.5, 0.6) is 0 Å². The van der Waals surface area contributed by atoms with Crippen LogP contribution in [0.25, 0.3) is 0 Å². The molecule has 1 saturated heterocycles. The first-order chi connectivity index (χ1) is 10.9. The molecular formula is C16H17F4N3. The lowest BCUT2D eigenvalue weighted by Crippen LogP contribution is -2.34. The minimum atomic E-state index is -4.45. The van der Waals surface area contributed by atoms with Crippen LogP contribution < -0.4 is 0 Å². The molecule has 0 amide bonds. The summed E-state index contributed by atoms with van der Waals surface area (Å²) in [5.74, 6) is -0.588. The molecule has 0 radical (unpaired) electrons. The second kappa shape index (κ2) is 6.31. The minimum Gasteiger partial charge on any atom is -0.334 e. The zero-order chi connectivity index (χ0) is 16.4. The number of hydrogen-bond donors (Lipinski definition) is 0. The molecule has 23 heavy (non-hydrogen) atoms. The van der Waals surface area contributed by atoms with Crippen molar-refractivity contribution in [3.05, 3.63) is 53.9 Å². The van der Waals surface area contributed by atoms with Gasteiger partial charge in [-0.15, -0.1) is 0 Å². The Morgan fingerprint density at radius 2 is 1.91 bits per heavy atom. The van der Waals surface area contributed by atoms with E-state index < -0.39 is 17.6 Å². The summed E-state index contributed by atoms with van der Waals surface area (Å²) >= 11 is 0. The number of piperidine rings is 1. The Kier molecular flexibility index (Phi) is 4.39. The van der Waals surface area contributed by atoms with Crippen molar-refractivity contribution >= 4 is 0 Å². The van der Waals surface area contributed by atoms with E-state index in [1.165, 1.54) is 0 Å². The molecule has 124 valence electrons. The van der Waals surface area contributed by atoms with Gasteiger partial charge in [-0.05, 0) is 31.0 Å². The van der Waals surface area contributed by atoms with Crippen molar-refractivity contribution in [3.63, 3.8) is 0 Å². The van der Waals surface area contributed by atoms with E-state index in [1.807, 2.05) is 15.7 Å². The maximum Gasteiger partial charge on any atom is 0.416 e. The third kappa shape index (κ3) is 3.72. The lowest BCUT2D eigenvalue weighted by molar-refractivity contribution is -0.137. The van der Waals surface area contributed by atoms with Crippen LogP contribution >= 0.6 is 0 Å². The Hall–Kier alpha value is -1.89. The first-order valence-corrected chi connectivity index (χ1v) is 7.49. The summed E-state index contributed by atoms with van der Waals surface area (Å²) in [7, 11) is 0. The third-order valence-electron chi connectivity index (χ3n) is 4.27. The highest BCUT2D eigenvalue weighted by Gasteiger charge is 2.31. The van der Waals surface area contributed by atoms with Crippen LogP contribution in [0.2, 0.25) is 0 Å². The molecule has 1 aromatic carbocycles. The number of nitrogens with zero attached hydrogens (tertiary/aromatic N) is 3. The van der Waals surface area contributed by atoms with Gasteiger partial charge in [0.05, 0.1) is 11.9 Å². The first-order valence-electron chi connectivity index (χ1n) is 7.49. The number of alkyl halides is 3. The lowest BCUT2D eigenvalue weighted by Gasteiger charge is -2.32. The average molecular weight is 327 g/mol. The number of rotatable bonds is 3. The molecule has 3 nitrogen and oxygen atoms in total. The molecule has 0 bridgehead atoms. The van der Waals surface area contributed by atoms with Gasteiger partial charge in [0.25, 0.3) is 0 Å². The second-order valence-corrected chi connectivity index (χ2v) is 5.82. The number of hydrogen-bond acceptors (Lipinski definition) is 2. The number of halogens is 4. The van der Waals surface area contributed by atoms with Crippen LogP contribution in [0.4, 0.5) is 17.6 Å². The van der Waals surface area contributed by atoms with Crippen molar-refractivity contribution < 1.29 is 17.6 Å². The summed E-state index contributed by atoms with van der Waals surface area (Å²) in [6, 6.07) is 2.94. The molecule has 0 spiro atoms. The molecule has 1 fully saturated rings. The van der Waals surface area contributed by atoms with Gasteiger partial charge in [-0.3, -0.25) is 4.90 Å². The molecule has 1 aliphatic rings. The van der Waals surface area contributed by atoms with Gasteiger partial charge >= 0.3 is 6.18 Å². The molecule has 7 heteroatoms. The van der Waals surface area contributed by atoms with Crippen molar-refractivity contribution in [1.29, 1.82) is 0 Å². The highest BCUT2D eigenvalue weighted by atomic mass is 19.4. The summed E-state index contributed by atoms with van der Waals surface area (Å²) in [4.78, 5) is 6.01. The molecule has 0 N–H and O–H groups in total. The molecule has 0 saturated carbocycles. The summed E-state index contributed by atoms with van der Waals surface area (Å²) in [5.41, 5.74) is -0.705. The fourth-order valence-corrected chi connectivity index (χ4v) is 2.97. The van der Waals surface area contributed by atoms with E-state index in [4.69, 9.17) is 0 Å². The normalized spacial score (nSPS) is 17.6. The van der Waals surface area contributed by atoms with Crippen molar-refractivity contribution in [3.8, 4) is 0 Å². The predicted molar refractivity (Wildman–Crippen MR) is 77.2 cm³/mol. The van der Waals surface area contributed by atoms with E-state index in [1.54, 1.807) is 12.5 Å². The van der Waals surface area contributed by atoms with E-state index in [0.717, 1.165) is 44.1 Å². The number of aromatic nitrogens is 2. The molecule has 0 atom stereocenters. The van der Waals surface area contributed by atoms with Crippen LogP contribution in [0.3, 0.4) is 0 Å². The van der Waals surface area contributed by atoms with Gasteiger partial charge < -0.3 is 4.57 Å². The van der Waals surface area contributed by atoms with Gasteiger partial charge in [-0.1, -0.05) is 0 Å². The SMILES string of the molecule is Fc1ccc(C(F)(F)F)cc1CN1CCC(n2ccnc2)CC1. The predicted octanol–water partition coefficient (Wildman–Crippen LogP) is 3.88. The monoisotopic (exact) mass is 327 g/mol. The van der Waals surface area contributed by atoms with Crippen LogP contribution in [0.15, 0.2) is 36.9 Å². The third-order valence-corrected chi connectivity index (χ3v) is 4.27. The topological polar surface area (TPSA) is 21.1 Å². The Balaban J connectivity index is 1.64. The molecule has 2 aromatic rings. The fourth-order valence-electron chi connectivity index (χ4n) is 2.97. The van der Waals surface area contributed by atoms with Gasteiger partial charge in [0.15, 0.2) is 0 Å². The van der Waals surface area contributed by atoms with E-state index in [-0.39, 0.29) is 12.1 Å². The number of imidazole rings is 1. The number of likely N-dealkylation sites (tertiary alicyclic amines) is 1. The maximum atomic E-state index is 13.8. The summed E-state index contributed by atoms with van der Waals surface area (Å²) in [5, 5.41) is 0. The standard InChI is InChI=1S/C16H17F4N3/c17-15-2-1-13(16(18,19)20)9-12(15)10-22-6-3-14(4-7-22)23-8-5-21-11-23/h1-2,5,8-9,11,14H,3-4,6-7,10H2. The van der Waals surface area contributed by atoms with Crippen molar-refractivity contribution in [2.24, 2.45) is 0 Å². The van der Waals surface area contributed by atoms with Gasteiger partial charge in [-0.2, -0.15) is 13.2 Å². The lowest BCUT2D eigenvalue weighted by atomic mass is 10.0. The minimum absolute atomic E-state index is 0.0981.